The van der Waals surface area contributed by atoms with E-state index in [1.807, 2.05) is 36.4 Å². The highest BCUT2D eigenvalue weighted by Gasteiger charge is 2.12. The Morgan fingerprint density at radius 3 is 2.80 bits per heavy atom. The van der Waals surface area contributed by atoms with Crippen LogP contribution in [0.4, 0.5) is 0 Å². The van der Waals surface area contributed by atoms with Crippen molar-refractivity contribution in [3.8, 4) is 0 Å². The fourth-order valence-corrected chi connectivity index (χ4v) is 2.11. The van der Waals surface area contributed by atoms with Gasteiger partial charge in [0.1, 0.15) is 18.1 Å². The summed E-state index contributed by atoms with van der Waals surface area (Å²) in [5.41, 5.74) is 1.17. The number of aryl methyl sites for hydroxylation is 1. The van der Waals surface area contributed by atoms with Crippen LogP contribution in [0.2, 0.25) is 0 Å². The van der Waals surface area contributed by atoms with Crippen molar-refractivity contribution < 1.29 is 14.1 Å². The normalized spacial score (nSPS) is 10.7. The van der Waals surface area contributed by atoms with Crippen LogP contribution in [0.25, 0.3) is 10.8 Å². The Morgan fingerprint density at radius 2 is 2.00 bits per heavy atom. The van der Waals surface area contributed by atoms with Gasteiger partial charge < -0.3 is 9.26 Å². The van der Waals surface area contributed by atoms with Gasteiger partial charge >= 0.3 is 5.97 Å². The van der Waals surface area contributed by atoms with Gasteiger partial charge in [-0.2, -0.15) is 0 Å². The Labute approximate surface area is 116 Å². The molecule has 0 N–H and O–H groups in total. The molecule has 0 aliphatic carbocycles. The molecule has 1 heterocycles. The summed E-state index contributed by atoms with van der Waals surface area (Å²) < 4.78 is 10.2. The summed E-state index contributed by atoms with van der Waals surface area (Å²) in [4.78, 5) is 12.2. The first kappa shape index (κ1) is 12.4. The van der Waals surface area contributed by atoms with Gasteiger partial charge in [0.25, 0.3) is 0 Å². The fraction of sp³-hybridized carbons (Fsp3) is 0.125. The van der Waals surface area contributed by atoms with Crippen LogP contribution in [0.3, 0.4) is 0 Å². The molecule has 0 fully saturated rings. The lowest BCUT2D eigenvalue weighted by molar-refractivity contribution is 0.0466. The molecule has 0 saturated heterocycles. The molecule has 1 aromatic heterocycles. The lowest BCUT2D eigenvalue weighted by Gasteiger charge is -2.06. The average Bonchev–Trinajstić information content (AvgIpc) is 2.90. The van der Waals surface area contributed by atoms with E-state index >= 15 is 0 Å². The molecule has 0 radical (unpaired) electrons. The summed E-state index contributed by atoms with van der Waals surface area (Å²) in [7, 11) is 0. The van der Waals surface area contributed by atoms with Gasteiger partial charge in [0.05, 0.1) is 5.56 Å². The van der Waals surface area contributed by atoms with Gasteiger partial charge in [0.15, 0.2) is 0 Å². The maximum absolute atomic E-state index is 12.2. The zero-order valence-electron chi connectivity index (χ0n) is 11.0. The Bertz CT molecular complexity index is 756. The number of ether oxygens (including phenoxy) is 1. The summed E-state index contributed by atoms with van der Waals surface area (Å²) in [6.45, 7) is 1.91. The molecule has 3 rings (SSSR count). The minimum absolute atomic E-state index is 0.111. The van der Waals surface area contributed by atoms with Gasteiger partial charge in [0.2, 0.25) is 0 Å². The van der Waals surface area contributed by atoms with E-state index in [0.717, 1.165) is 10.8 Å². The van der Waals surface area contributed by atoms with Gasteiger partial charge in [-0.1, -0.05) is 41.6 Å². The molecule has 0 amide bonds. The van der Waals surface area contributed by atoms with Crippen molar-refractivity contribution in [1.29, 1.82) is 0 Å². The first-order chi connectivity index (χ1) is 9.74. The fourth-order valence-electron chi connectivity index (χ4n) is 2.11. The minimum atomic E-state index is -0.359. The molecule has 100 valence electrons. The zero-order chi connectivity index (χ0) is 13.9. The highest BCUT2D eigenvalue weighted by molar-refractivity contribution is 6.04. The maximum Gasteiger partial charge on any atom is 0.339 e. The number of hydrogen-bond donors (Lipinski definition) is 0. The van der Waals surface area contributed by atoms with Crippen molar-refractivity contribution in [3.05, 3.63) is 65.5 Å². The minimum Gasteiger partial charge on any atom is -0.455 e. The van der Waals surface area contributed by atoms with E-state index in [9.17, 15) is 4.79 Å². The zero-order valence-corrected chi connectivity index (χ0v) is 11.0. The van der Waals surface area contributed by atoms with Gasteiger partial charge in [-0.15, -0.1) is 0 Å². The van der Waals surface area contributed by atoms with Crippen LogP contribution in [0, 0.1) is 6.92 Å². The lowest BCUT2D eigenvalue weighted by Crippen LogP contribution is -2.06. The van der Waals surface area contributed by atoms with E-state index in [1.54, 1.807) is 19.1 Å². The lowest BCUT2D eigenvalue weighted by atomic mass is 10.1. The second kappa shape index (κ2) is 5.17. The molecule has 0 saturated carbocycles. The monoisotopic (exact) mass is 267 g/mol. The SMILES string of the molecule is Cc1cc(COC(=O)c2cccc3ccccc23)no1. The van der Waals surface area contributed by atoms with E-state index < -0.39 is 0 Å². The molecule has 0 unspecified atom stereocenters. The summed E-state index contributed by atoms with van der Waals surface area (Å²) in [6, 6.07) is 15.0. The van der Waals surface area contributed by atoms with Crippen molar-refractivity contribution in [1.82, 2.24) is 5.16 Å². The van der Waals surface area contributed by atoms with Crippen molar-refractivity contribution in [2.24, 2.45) is 0 Å². The summed E-state index contributed by atoms with van der Waals surface area (Å²) in [5.74, 6) is 0.337. The Morgan fingerprint density at radius 1 is 1.20 bits per heavy atom. The number of nitrogens with zero attached hydrogens (tertiary/aromatic N) is 1. The predicted molar refractivity (Wildman–Crippen MR) is 74.3 cm³/mol. The largest absolute Gasteiger partial charge is 0.455 e. The molecule has 0 aliphatic rings. The molecular formula is C16H13NO3. The van der Waals surface area contributed by atoms with Crippen LogP contribution in [0.5, 0.6) is 0 Å². The highest BCUT2D eigenvalue weighted by Crippen LogP contribution is 2.19. The summed E-state index contributed by atoms with van der Waals surface area (Å²) in [6.07, 6.45) is 0. The number of esters is 1. The average molecular weight is 267 g/mol. The van der Waals surface area contributed by atoms with E-state index in [1.165, 1.54) is 0 Å². The molecule has 20 heavy (non-hydrogen) atoms. The number of fused-ring (bicyclic) bond motifs is 1. The van der Waals surface area contributed by atoms with E-state index in [-0.39, 0.29) is 12.6 Å². The van der Waals surface area contributed by atoms with Crippen LogP contribution in [0.15, 0.2) is 53.1 Å². The standard InChI is InChI=1S/C16H13NO3/c1-11-9-13(17-20-11)10-19-16(18)15-8-4-6-12-5-2-3-7-14(12)15/h2-9H,10H2,1H3. The maximum atomic E-state index is 12.2. The molecule has 0 spiro atoms. The molecular weight excluding hydrogens is 254 g/mol. The first-order valence-electron chi connectivity index (χ1n) is 6.31. The van der Waals surface area contributed by atoms with Crippen LogP contribution < -0.4 is 0 Å². The number of aromatic nitrogens is 1. The second-order valence-electron chi connectivity index (χ2n) is 4.53. The first-order valence-corrected chi connectivity index (χ1v) is 6.31. The van der Waals surface area contributed by atoms with Crippen LogP contribution in [-0.4, -0.2) is 11.1 Å². The van der Waals surface area contributed by atoms with E-state index in [2.05, 4.69) is 5.16 Å². The highest BCUT2D eigenvalue weighted by atomic mass is 16.5. The van der Waals surface area contributed by atoms with Crippen LogP contribution in [-0.2, 0) is 11.3 Å². The summed E-state index contributed by atoms with van der Waals surface area (Å²) in [5, 5.41) is 5.69. The number of rotatable bonds is 3. The third-order valence-corrected chi connectivity index (χ3v) is 3.04. The van der Waals surface area contributed by atoms with Crippen molar-refractivity contribution in [2.75, 3.05) is 0 Å². The Balaban J connectivity index is 1.82. The number of benzene rings is 2. The molecule has 4 nitrogen and oxygen atoms in total. The third-order valence-electron chi connectivity index (χ3n) is 3.04. The smallest absolute Gasteiger partial charge is 0.339 e. The van der Waals surface area contributed by atoms with Crippen molar-refractivity contribution in [3.63, 3.8) is 0 Å². The molecule has 3 aromatic rings. The van der Waals surface area contributed by atoms with Gasteiger partial charge in [0, 0.05) is 6.07 Å². The summed E-state index contributed by atoms with van der Waals surface area (Å²) >= 11 is 0. The Hall–Kier alpha value is -2.62. The third kappa shape index (κ3) is 2.40. The van der Waals surface area contributed by atoms with E-state index in [0.29, 0.717) is 17.0 Å². The Kier molecular flexibility index (Phi) is 3.21. The predicted octanol–water partition coefficient (Wildman–Crippen LogP) is 3.49. The second-order valence-corrected chi connectivity index (χ2v) is 4.53. The molecule has 0 aliphatic heterocycles. The van der Waals surface area contributed by atoms with Gasteiger partial charge in [-0.3, -0.25) is 0 Å². The number of hydrogen-bond acceptors (Lipinski definition) is 4. The molecule has 0 bridgehead atoms. The van der Waals surface area contributed by atoms with Gasteiger partial charge in [-0.05, 0) is 23.8 Å². The van der Waals surface area contributed by atoms with Crippen LogP contribution >= 0.6 is 0 Å². The topological polar surface area (TPSA) is 52.3 Å². The molecule has 2 aromatic carbocycles. The van der Waals surface area contributed by atoms with E-state index in [4.69, 9.17) is 9.26 Å². The number of carbonyl (C=O) groups excluding carboxylic acids is 1. The van der Waals surface area contributed by atoms with Crippen molar-refractivity contribution in [2.45, 2.75) is 13.5 Å². The quantitative estimate of drug-likeness (QED) is 0.681. The number of carbonyl (C=O) groups is 1. The van der Waals surface area contributed by atoms with Crippen LogP contribution in [0.1, 0.15) is 21.8 Å². The molecule has 4 heteroatoms. The molecule has 0 atom stereocenters. The van der Waals surface area contributed by atoms with Gasteiger partial charge in [-0.25, -0.2) is 4.79 Å². The van der Waals surface area contributed by atoms with Crippen molar-refractivity contribution >= 4 is 16.7 Å².